The first kappa shape index (κ1) is 20.4. The number of benzene rings is 2. The number of hydrogen-bond acceptors (Lipinski definition) is 6. The lowest BCUT2D eigenvalue weighted by Crippen LogP contribution is -2.24. The summed E-state index contributed by atoms with van der Waals surface area (Å²) in [7, 11) is -2.19. The highest BCUT2D eigenvalue weighted by molar-refractivity contribution is 7.91. The van der Waals surface area contributed by atoms with Crippen LogP contribution in [0.25, 0.3) is 0 Å². The molecule has 2 heterocycles. The van der Waals surface area contributed by atoms with Gasteiger partial charge in [0.1, 0.15) is 4.90 Å². The predicted molar refractivity (Wildman–Crippen MR) is 115 cm³/mol. The largest absolute Gasteiger partial charge is 0.493 e. The van der Waals surface area contributed by atoms with Crippen LogP contribution >= 0.6 is 11.3 Å². The molecule has 0 fully saturated rings. The van der Waals surface area contributed by atoms with Crippen LogP contribution in [0.4, 0.5) is 5.69 Å². The minimum absolute atomic E-state index is 0.118. The van der Waals surface area contributed by atoms with Crippen LogP contribution in [0.15, 0.2) is 63.7 Å². The SMILES string of the molecule is CCOc1c(OC)cccc1[C@H]1CC(=O)Nc2c(S(=O)(=O)c3ccccc3)csc21. The number of carbonyl (C=O) groups is 1. The summed E-state index contributed by atoms with van der Waals surface area (Å²) in [6, 6.07) is 13.8. The maximum Gasteiger partial charge on any atom is 0.225 e. The van der Waals surface area contributed by atoms with Crippen LogP contribution < -0.4 is 14.8 Å². The number of ether oxygens (including phenoxy) is 2. The fraction of sp³-hybridized carbons (Fsp3) is 0.227. The number of hydrogen-bond donors (Lipinski definition) is 1. The molecule has 1 aromatic heterocycles. The van der Waals surface area contributed by atoms with Crippen LogP contribution in [0.3, 0.4) is 0 Å². The van der Waals surface area contributed by atoms with E-state index in [1.165, 1.54) is 11.3 Å². The maximum atomic E-state index is 13.2. The van der Waals surface area contributed by atoms with E-state index >= 15 is 0 Å². The van der Waals surface area contributed by atoms with Crippen molar-refractivity contribution in [1.29, 1.82) is 0 Å². The zero-order valence-corrected chi connectivity index (χ0v) is 18.2. The van der Waals surface area contributed by atoms with E-state index < -0.39 is 9.84 Å². The van der Waals surface area contributed by atoms with Crippen LogP contribution in [0.5, 0.6) is 11.5 Å². The Bertz CT molecular complexity index is 1190. The van der Waals surface area contributed by atoms with E-state index in [-0.39, 0.29) is 28.0 Å². The standard InChI is InChI=1S/C22H21NO5S2/c1-3-28-21-15(10-7-11-17(21)27-2)16-12-19(24)23-20-18(13-29-22(16)20)30(25,26)14-8-5-4-6-9-14/h4-11,13,16H,3,12H2,1-2H3,(H,23,24)/t16-/m1/s1. The summed E-state index contributed by atoms with van der Waals surface area (Å²) in [6.07, 6.45) is 0.200. The normalized spacial score (nSPS) is 15.9. The van der Waals surface area contributed by atoms with E-state index in [1.54, 1.807) is 48.9 Å². The average Bonchev–Trinajstić information content (AvgIpc) is 3.19. The number of carbonyl (C=O) groups excluding carboxylic acids is 1. The van der Waals surface area contributed by atoms with Crippen molar-refractivity contribution in [3.05, 3.63) is 64.4 Å². The van der Waals surface area contributed by atoms with Gasteiger partial charge in [-0.1, -0.05) is 30.3 Å². The third-order valence-electron chi connectivity index (χ3n) is 4.99. The molecule has 1 aliphatic heterocycles. The minimum atomic E-state index is -3.76. The van der Waals surface area contributed by atoms with Crippen LogP contribution in [0, 0.1) is 0 Å². The van der Waals surface area contributed by atoms with Gasteiger partial charge in [0.25, 0.3) is 0 Å². The van der Waals surface area contributed by atoms with Crippen molar-refractivity contribution in [3.8, 4) is 11.5 Å². The van der Waals surface area contributed by atoms with E-state index in [9.17, 15) is 13.2 Å². The highest BCUT2D eigenvalue weighted by Gasteiger charge is 2.36. The lowest BCUT2D eigenvalue weighted by atomic mass is 9.89. The first-order valence-corrected chi connectivity index (χ1v) is 11.8. The number of anilines is 1. The van der Waals surface area contributed by atoms with E-state index in [4.69, 9.17) is 9.47 Å². The molecule has 8 heteroatoms. The van der Waals surface area contributed by atoms with Gasteiger partial charge in [-0.3, -0.25) is 4.79 Å². The molecule has 0 radical (unpaired) electrons. The van der Waals surface area contributed by atoms with Gasteiger partial charge in [0.15, 0.2) is 11.5 Å². The third kappa shape index (κ3) is 3.46. The Labute approximate surface area is 179 Å². The number of nitrogens with one attached hydrogen (secondary N) is 1. The fourth-order valence-corrected chi connectivity index (χ4v) is 6.57. The van der Waals surface area contributed by atoms with Gasteiger partial charge >= 0.3 is 0 Å². The van der Waals surface area contributed by atoms with Crippen LogP contribution in [0.2, 0.25) is 0 Å². The van der Waals surface area contributed by atoms with Crippen LogP contribution in [-0.4, -0.2) is 28.0 Å². The summed E-state index contributed by atoms with van der Waals surface area (Å²) < 4.78 is 37.7. The smallest absolute Gasteiger partial charge is 0.225 e. The van der Waals surface area contributed by atoms with Crippen LogP contribution in [-0.2, 0) is 14.6 Å². The van der Waals surface area contributed by atoms with Crippen molar-refractivity contribution >= 4 is 32.8 Å². The van der Waals surface area contributed by atoms with Crippen molar-refractivity contribution in [2.75, 3.05) is 19.0 Å². The molecule has 1 atom stereocenters. The van der Waals surface area contributed by atoms with Gasteiger partial charge in [0.2, 0.25) is 15.7 Å². The van der Waals surface area contributed by atoms with Gasteiger partial charge in [-0.2, -0.15) is 0 Å². The Morgan fingerprint density at radius 1 is 1.13 bits per heavy atom. The fourth-order valence-electron chi connectivity index (χ4n) is 3.65. The topological polar surface area (TPSA) is 81.7 Å². The molecule has 156 valence electrons. The van der Waals surface area contributed by atoms with E-state index in [2.05, 4.69) is 5.32 Å². The van der Waals surface area contributed by atoms with Crippen molar-refractivity contribution in [3.63, 3.8) is 0 Å². The zero-order chi connectivity index (χ0) is 21.3. The van der Waals surface area contributed by atoms with Gasteiger partial charge in [0.05, 0.1) is 24.3 Å². The number of rotatable bonds is 6. The van der Waals surface area contributed by atoms with Crippen molar-refractivity contribution in [2.24, 2.45) is 0 Å². The molecule has 6 nitrogen and oxygen atoms in total. The monoisotopic (exact) mass is 443 g/mol. The van der Waals surface area contributed by atoms with Crippen molar-refractivity contribution in [2.45, 2.75) is 29.1 Å². The molecule has 0 bridgehead atoms. The number of sulfone groups is 1. The second kappa shape index (κ2) is 8.12. The number of amides is 1. The minimum Gasteiger partial charge on any atom is -0.493 e. The van der Waals surface area contributed by atoms with Gasteiger partial charge in [-0.25, -0.2) is 8.42 Å². The molecule has 0 saturated carbocycles. The molecule has 1 amide bonds. The number of fused-ring (bicyclic) bond motifs is 1. The van der Waals surface area contributed by atoms with E-state index in [0.717, 1.165) is 10.4 Å². The number of thiophene rings is 1. The summed E-state index contributed by atoms with van der Waals surface area (Å²) in [6.45, 7) is 2.32. The lowest BCUT2D eigenvalue weighted by molar-refractivity contribution is -0.116. The van der Waals surface area contributed by atoms with Crippen LogP contribution in [0.1, 0.15) is 29.7 Å². The highest BCUT2D eigenvalue weighted by atomic mass is 32.2. The maximum absolute atomic E-state index is 13.2. The van der Waals surface area contributed by atoms with Gasteiger partial charge in [0, 0.05) is 28.2 Å². The molecule has 4 rings (SSSR count). The number of para-hydroxylation sites is 1. The van der Waals surface area contributed by atoms with Gasteiger partial charge in [-0.05, 0) is 25.1 Å². The first-order valence-electron chi connectivity index (χ1n) is 9.48. The lowest BCUT2D eigenvalue weighted by Gasteiger charge is -2.26. The summed E-state index contributed by atoms with van der Waals surface area (Å²) in [5, 5.41) is 4.39. The molecule has 0 unspecified atom stereocenters. The third-order valence-corrected chi connectivity index (χ3v) is 8.03. The molecular weight excluding hydrogens is 422 g/mol. The predicted octanol–water partition coefficient (Wildman–Crippen LogP) is 4.46. The Hall–Kier alpha value is -2.84. The molecule has 0 spiro atoms. The molecule has 1 aliphatic rings. The Morgan fingerprint density at radius 3 is 2.60 bits per heavy atom. The van der Waals surface area contributed by atoms with Gasteiger partial charge in [-0.15, -0.1) is 11.3 Å². The quantitative estimate of drug-likeness (QED) is 0.608. The molecule has 2 aromatic carbocycles. The molecule has 30 heavy (non-hydrogen) atoms. The molecule has 0 aliphatic carbocycles. The summed E-state index contributed by atoms with van der Waals surface area (Å²) in [5.41, 5.74) is 1.16. The molecule has 1 N–H and O–H groups in total. The second-order valence-corrected chi connectivity index (χ2v) is 9.60. The Balaban J connectivity index is 1.86. The van der Waals surface area contributed by atoms with Gasteiger partial charge < -0.3 is 14.8 Å². The van der Waals surface area contributed by atoms with Crippen molar-refractivity contribution in [1.82, 2.24) is 0 Å². The summed E-state index contributed by atoms with van der Waals surface area (Å²) in [4.78, 5) is 13.7. The average molecular weight is 444 g/mol. The molecular formula is C22H21NO5S2. The summed E-state index contributed by atoms with van der Waals surface area (Å²) in [5.74, 6) is 0.598. The zero-order valence-electron chi connectivity index (χ0n) is 16.5. The van der Waals surface area contributed by atoms with E-state index in [0.29, 0.717) is 23.8 Å². The van der Waals surface area contributed by atoms with E-state index in [1.807, 2.05) is 19.1 Å². The highest BCUT2D eigenvalue weighted by Crippen LogP contribution is 2.49. The molecule has 3 aromatic rings. The molecule has 0 saturated heterocycles. The van der Waals surface area contributed by atoms with Crippen molar-refractivity contribution < 1.29 is 22.7 Å². The Morgan fingerprint density at radius 2 is 1.90 bits per heavy atom. The number of methoxy groups -OCH3 is 1. The first-order chi connectivity index (χ1) is 14.5. The Kier molecular flexibility index (Phi) is 5.53. The summed E-state index contributed by atoms with van der Waals surface area (Å²) >= 11 is 1.33. The second-order valence-electron chi connectivity index (χ2n) is 6.77.